The summed E-state index contributed by atoms with van der Waals surface area (Å²) in [4.78, 5) is 22.7. The minimum absolute atomic E-state index is 0.171. The van der Waals surface area contributed by atoms with E-state index >= 15 is 8.78 Å². The molecule has 4 nitrogen and oxygen atoms in total. The zero-order valence-corrected chi connectivity index (χ0v) is 17.9. The van der Waals surface area contributed by atoms with Gasteiger partial charge >= 0.3 is 47.8 Å². The highest BCUT2D eigenvalue weighted by molar-refractivity contribution is 5.87. The summed E-state index contributed by atoms with van der Waals surface area (Å²) in [5.41, 5.74) is -21.3. The number of ether oxygens (including phenoxy) is 2. The number of halogens is 12. The fraction of sp³-hybridized carbons (Fsp3) is 0.400. The van der Waals surface area contributed by atoms with Crippen molar-refractivity contribution in [2.24, 2.45) is 0 Å². The van der Waals surface area contributed by atoms with Gasteiger partial charge in [-0.05, 0) is 13.8 Å². The lowest BCUT2D eigenvalue weighted by Gasteiger charge is -2.39. The molecule has 0 aliphatic heterocycles. The number of hydrogen-bond acceptors (Lipinski definition) is 4. The molecule has 0 heterocycles. The van der Waals surface area contributed by atoms with E-state index in [0.717, 1.165) is 0 Å². The Bertz CT molecular complexity index is 977. The molecule has 0 amide bonds. The smallest absolute Gasteiger partial charge is 0.394 e. The molecule has 0 spiro atoms. The molecular weight excluding hydrogens is 532 g/mol. The van der Waals surface area contributed by atoms with Crippen molar-refractivity contribution in [2.45, 2.75) is 49.8 Å². The van der Waals surface area contributed by atoms with Gasteiger partial charge in [0.15, 0.2) is 0 Å². The molecule has 0 saturated heterocycles. The first-order chi connectivity index (χ1) is 15.9. The molecule has 0 aliphatic rings. The molecule has 1 aromatic carbocycles. The Kier molecular flexibility index (Phi) is 8.01. The normalized spacial score (nSPS) is 16.4. The topological polar surface area (TPSA) is 52.6 Å². The van der Waals surface area contributed by atoms with Gasteiger partial charge in [-0.3, -0.25) is 0 Å². The van der Waals surface area contributed by atoms with Crippen molar-refractivity contribution in [1.29, 1.82) is 0 Å². The van der Waals surface area contributed by atoms with Gasteiger partial charge in [-0.2, -0.15) is 43.9 Å². The Morgan fingerprint density at radius 1 is 0.611 bits per heavy atom. The first kappa shape index (κ1) is 30.8. The van der Waals surface area contributed by atoms with Crippen LogP contribution in [0.2, 0.25) is 0 Å². The zero-order chi connectivity index (χ0) is 28.7. The quantitative estimate of drug-likeness (QED) is 0.211. The van der Waals surface area contributed by atoms with Crippen LogP contribution in [-0.4, -0.2) is 36.5 Å². The van der Waals surface area contributed by atoms with Crippen molar-refractivity contribution in [1.82, 2.24) is 0 Å². The van der Waals surface area contributed by atoms with E-state index in [0.29, 0.717) is 13.8 Å². The highest BCUT2D eigenvalue weighted by atomic mass is 19.4. The number of esters is 2. The molecule has 0 saturated carbocycles. The summed E-state index contributed by atoms with van der Waals surface area (Å²) in [5, 5.41) is 0. The molecule has 0 bridgehead atoms. The van der Waals surface area contributed by atoms with Crippen LogP contribution >= 0.6 is 0 Å². The summed E-state index contributed by atoms with van der Waals surface area (Å²) in [5.74, 6) is -4.74. The third kappa shape index (κ3) is 5.02. The van der Waals surface area contributed by atoms with Crippen molar-refractivity contribution in [2.75, 3.05) is 0 Å². The minimum atomic E-state index is -7.02. The fourth-order valence-electron chi connectivity index (χ4n) is 2.58. The number of carbonyl (C=O) groups is 2. The molecule has 1 aromatic rings. The maximum absolute atomic E-state index is 15.3. The van der Waals surface area contributed by atoms with Crippen LogP contribution in [0.3, 0.4) is 0 Å². The zero-order valence-electron chi connectivity index (χ0n) is 17.9. The second kappa shape index (κ2) is 9.35. The number of hydrogen-bond donors (Lipinski definition) is 0. The van der Waals surface area contributed by atoms with Gasteiger partial charge in [-0.25, -0.2) is 18.4 Å². The summed E-state index contributed by atoms with van der Waals surface area (Å²) in [6.07, 6.45) is -27.0. The molecular formula is C20H14F12O4. The Morgan fingerprint density at radius 3 is 1.06 bits per heavy atom. The van der Waals surface area contributed by atoms with Crippen molar-refractivity contribution < 1.29 is 71.7 Å². The maximum Gasteiger partial charge on any atom is 0.449 e. The monoisotopic (exact) mass is 546 g/mol. The van der Waals surface area contributed by atoms with Gasteiger partial charge in [0.05, 0.1) is 0 Å². The Hall–Kier alpha value is -3.20. The molecule has 2 atom stereocenters. The van der Waals surface area contributed by atoms with Gasteiger partial charge in [-0.15, -0.1) is 0 Å². The van der Waals surface area contributed by atoms with Crippen molar-refractivity contribution in [3.05, 3.63) is 59.7 Å². The summed E-state index contributed by atoms with van der Waals surface area (Å²) < 4.78 is 177. The molecule has 2 unspecified atom stereocenters. The summed E-state index contributed by atoms with van der Waals surface area (Å²) >= 11 is 0. The lowest BCUT2D eigenvalue weighted by molar-refractivity contribution is -0.386. The van der Waals surface area contributed by atoms with E-state index in [-0.39, 0.29) is 12.1 Å². The van der Waals surface area contributed by atoms with Gasteiger partial charge in [0, 0.05) is 22.3 Å². The second-order valence-corrected chi connectivity index (χ2v) is 7.23. The third-order valence-electron chi connectivity index (χ3n) is 4.39. The van der Waals surface area contributed by atoms with Crippen LogP contribution in [0.4, 0.5) is 52.7 Å². The summed E-state index contributed by atoms with van der Waals surface area (Å²) in [7, 11) is 0. The van der Waals surface area contributed by atoms with Crippen LogP contribution in [0.5, 0.6) is 0 Å². The van der Waals surface area contributed by atoms with E-state index in [2.05, 4.69) is 22.6 Å². The highest BCUT2D eigenvalue weighted by Gasteiger charge is 2.80. The Labute approximate surface area is 194 Å². The van der Waals surface area contributed by atoms with Gasteiger partial charge in [0.1, 0.15) is 0 Å². The fourth-order valence-corrected chi connectivity index (χ4v) is 2.58. The SMILES string of the molecule is C=C(C)C(=O)OC(F)(F)C(F)(c1ccccc1C(F)(C(F)(F)F)C(F)(F)OC(=O)C(=C)C)C(F)(F)F. The van der Waals surface area contributed by atoms with Gasteiger partial charge in [0.2, 0.25) is 0 Å². The Balaban J connectivity index is 4.13. The van der Waals surface area contributed by atoms with Crippen molar-refractivity contribution in [3.63, 3.8) is 0 Å². The predicted octanol–water partition coefficient (Wildman–Crippen LogP) is 6.57. The van der Waals surface area contributed by atoms with Gasteiger partial charge < -0.3 is 9.47 Å². The van der Waals surface area contributed by atoms with Crippen molar-refractivity contribution in [3.8, 4) is 0 Å². The second-order valence-electron chi connectivity index (χ2n) is 7.23. The Morgan fingerprint density at radius 2 is 0.861 bits per heavy atom. The molecule has 0 aromatic heterocycles. The van der Waals surface area contributed by atoms with Gasteiger partial charge in [0.25, 0.3) is 0 Å². The van der Waals surface area contributed by atoms with E-state index in [1.165, 1.54) is 0 Å². The minimum Gasteiger partial charge on any atom is -0.394 e. The first-order valence-electron chi connectivity index (χ1n) is 9.03. The van der Waals surface area contributed by atoms with E-state index < -0.39 is 82.3 Å². The first-order valence-corrected chi connectivity index (χ1v) is 9.03. The average Bonchev–Trinajstić information content (AvgIpc) is 2.69. The highest BCUT2D eigenvalue weighted by Crippen LogP contribution is 2.60. The van der Waals surface area contributed by atoms with Gasteiger partial charge in [-0.1, -0.05) is 37.4 Å². The third-order valence-corrected chi connectivity index (χ3v) is 4.39. The molecule has 0 fully saturated rings. The van der Waals surface area contributed by atoms with E-state index in [1.54, 1.807) is 0 Å². The summed E-state index contributed by atoms with van der Waals surface area (Å²) in [6, 6.07) is -0.709. The van der Waals surface area contributed by atoms with Crippen LogP contribution in [0, 0.1) is 0 Å². The lowest BCUT2D eigenvalue weighted by atomic mass is 9.81. The molecule has 16 heteroatoms. The lowest BCUT2D eigenvalue weighted by Crippen LogP contribution is -2.59. The molecule has 1 rings (SSSR count). The number of carbonyl (C=O) groups excluding carboxylic acids is 2. The molecule has 36 heavy (non-hydrogen) atoms. The van der Waals surface area contributed by atoms with E-state index in [9.17, 15) is 53.5 Å². The van der Waals surface area contributed by atoms with E-state index in [1.807, 2.05) is 0 Å². The maximum atomic E-state index is 15.3. The largest absolute Gasteiger partial charge is 0.449 e. The van der Waals surface area contributed by atoms with Crippen LogP contribution in [0.1, 0.15) is 25.0 Å². The standard InChI is InChI=1S/C20H14F12O4/c1-9(2)13(33)35-19(29,30)15(21,17(23,24)25)11-7-5-6-8-12(11)16(22,18(26,27)28)20(31,32)36-14(34)10(3)4/h5-8H,1,3H2,2,4H3. The molecule has 0 radical (unpaired) electrons. The summed E-state index contributed by atoms with van der Waals surface area (Å²) in [6.45, 7) is 6.72. The predicted molar refractivity (Wildman–Crippen MR) is 95.8 cm³/mol. The number of benzene rings is 1. The number of rotatable bonds is 8. The van der Waals surface area contributed by atoms with E-state index in [4.69, 9.17) is 0 Å². The molecule has 0 N–H and O–H groups in total. The molecule has 0 aliphatic carbocycles. The van der Waals surface area contributed by atoms with Crippen LogP contribution in [0.25, 0.3) is 0 Å². The number of alkyl halides is 12. The van der Waals surface area contributed by atoms with Crippen molar-refractivity contribution >= 4 is 11.9 Å². The molecule has 202 valence electrons. The van der Waals surface area contributed by atoms with Crippen LogP contribution in [0.15, 0.2) is 48.6 Å². The average molecular weight is 546 g/mol. The van der Waals surface area contributed by atoms with Crippen LogP contribution < -0.4 is 0 Å². The van der Waals surface area contributed by atoms with Crippen LogP contribution in [-0.2, 0) is 30.4 Å².